The first kappa shape index (κ1) is 27.8. The summed E-state index contributed by atoms with van der Waals surface area (Å²) in [5.74, 6) is -2.51. The molecule has 0 bridgehead atoms. The van der Waals surface area contributed by atoms with Gasteiger partial charge in [-0.2, -0.15) is 0 Å². The van der Waals surface area contributed by atoms with Gasteiger partial charge in [0, 0.05) is 20.6 Å². The molecule has 0 radical (unpaired) electrons. The minimum absolute atomic E-state index is 0.165. The van der Waals surface area contributed by atoms with Crippen molar-refractivity contribution in [1.29, 1.82) is 0 Å². The van der Waals surface area contributed by atoms with E-state index in [4.69, 9.17) is 49.6 Å². The highest BCUT2D eigenvalue weighted by atomic mass is 16.7. The third-order valence-electron chi connectivity index (χ3n) is 3.83. The van der Waals surface area contributed by atoms with Crippen molar-refractivity contribution < 1.29 is 49.6 Å². The minimum Gasteiger partial charge on any atom is -0.394 e. The van der Waals surface area contributed by atoms with Crippen molar-refractivity contribution in [3.63, 3.8) is 0 Å². The molecule has 0 heterocycles. The van der Waals surface area contributed by atoms with Crippen LogP contribution in [0.3, 0.4) is 0 Å². The fourth-order valence-electron chi connectivity index (χ4n) is 1.78. The Bertz CT molecular complexity index is 253. The van der Waals surface area contributed by atoms with E-state index in [1.54, 1.807) is 6.92 Å². The minimum atomic E-state index is -1.40. The molecule has 10 heteroatoms. The molecular weight excluding hydrogens is 352 g/mol. The number of aliphatic hydroxyl groups is 6. The lowest BCUT2D eigenvalue weighted by atomic mass is 10.2. The van der Waals surface area contributed by atoms with Crippen molar-refractivity contribution in [2.24, 2.45) is 0 Å². The molecule has 0 aromatic heterocycles. The summed E-state index contributed by atoms with van der Waals surface area (Å²) in [6.45, 7) is 1.63. The summed E-state index contributed by atoms with van der Waals surface area (Å²) in [6, 6.07) is 0. The third kappa shape index (κ3) is 9.51. The molecule has 0 aliphatic heterocycles. The first-order chi connectivity index (χ1) is 12.3. The van der Waals surface area contributed by atoms with Gasteiger partial charge >= 0.3 is 0 Å². The molecule has 0 fully saturated rings. The summed E-state index contributed by atoms with van der Waals surface area (Å²) in [5.41, 5.74) is 0. The Kier molecular flexibility index (Phi) is 16.7. The molecule has 6 N–H and O–H groups in total. The van der Waals surface area contributed by atoms with E-state index < -0.39 is 37.0 Å². The average molecular weight is 388 g/mol. The molecule has 1 unspecified atom stereocenters. The molecular formula is C16H36O10. The number of hydrogen-bond acceptors (Lipinski definition) is 10. The average Bonchev–Trinajstić information content (AvgIpc) is 2.72. The molecule has 0 saturated carbocycles. The van der Waals surface area contributed by atoms with Crippen LogP contribution in [0.4, 0.5) is 0 Å². The van der Waals surface area contributed by atoms with Crippen LogP contribution in [0.1, 0.15) is 26.7 Å². The van der Waals surface area contributed by atoms with Gasteiger partial charge < -0.3 is 49.6 Å². The van der Waals surface area contributed by atoms with Gasteiger partial charge in [0.2, 0.25) is 5.79 Å². The second-order valence-corrected chi connectivity index (χ2v) is 5.49. The van der Waals surface area contributed by atoms with Crippen molar-refractivity contribution in [2.75, 3.05) is 53.9 Å². The molecule has 160 valence electrons. The summed E-state index contributed by atoms with van der Waals surface area (Å²) >= 11 is 0. The number of aliphatic hydroxyl groups excluding tert-OH is 6. The van der Waals surface area contributed by atoms with Crippen LogP contribution >= 0.6 is 0 Å². The Morgan fingerprint density at radius 2 is 1.04 bits per heavy atom. The van der Waals surface area contributed by atoms with E-state index in [1.807, 2.05) is 6.92 Å². The standard InChI is InChI=1S/2C8H18O5/c1-3-8(6-11,12-2)13-7(4-9)5-10;1-3-7(4-9)13-8(5-10,6-11)12-2/h2*7,9-11H,3-6H2,1-2H3/t8-;/m1./s1. The summed E-state index contributed by atoms with van der Waals surface area (Å²) < 4.78 is 20.2. The molecule has 26 heavy (non-hydrogen) atoms. The smallest absolute Gasteiger partial charge is 0.215 e. The van der Waals surface area contributed by atoms with Crippen LogP contribution in [0.5, 0.6) is 0 Å². The normalized spacial score (nSPS) is 15.3. The highest BCUT2D eigenvalue weighted by Crippen LogP contribution is 2.18. The van der Waals surface area contributed by atoms with Crippen LogP contribution in [0.25, 0.3) is 0 Å². The van der Waals surface area contributed by atoms with Crippen molar-refractivity contribution in [3.8, 4) is 0 Å². The first-order valence-electron chi connectivity index (χ1n) is 8.46. The first-order valence-corrected chi connectivity index (χ1v) is 8.46. The van der Waals surface area contributed by atoms with Gasteiger partial charge in [-0.25, -0.2) is 0 Å². The van der Waals surface area contributed by atoms with Crippen molar-refractivity contribution in [3.05, 3.63) is 0 Å². The Labute approximate surface area is 154 Å². The number of ether oxygens (including phenoxy) is 4. The number of methoxy groups -OCH3 is 2. The molecule has 0 aromatic carbocycles. The van der Waals surface area contributed by atoms with Crippen LogP contribution in [0.15, 0.2) is 0 Å². The molecule has 0 saturated heterocycles. The fourth-order valence-corrected chi connectivity index (χ4v) is 1.78. The van der Waals surface area contributed by atoms with Crippen molar-refractivity contribution in [2.45, 2.75) is 50.5 Å². The third-order valence-corrected chi connectivity index (χ3v) is 3.83. The van der Waals surface area contributed by atoms with Crippen LogP contribution in [0.2, 0.25) is 0 Å². The van der Waals surface area contributed by atoms with Crippen LogP contribution in [0, 0.1) is 0 Å². The lowest BCUT2D eigenvalue weighted by Crippen LogP contribution is -2.46. The maximum absolute atomic E-state index is 9.00. The summed E-state index contributed by atoms with van der Waals surface area (Å²) in [5, 5.41) is 53.2. The SMILES string of the molecule is CCC(CO)OC(CO)(CO)OC.CC[C@@](CO)(OC)OC(CO)CO. The summed E-state index contributed by atoms with van der Waals surface area (Å²) in [4.78, 5) is 0. The fraction of sp³-hybridized carbons (Fsp3) is 1.00. The van der Waals surface area contributed by atoms with Crippen LogP contribution in [-0.2, 0) is 18.9 Å². The van der Waals surface area contributed by atoms with Gasteiger partial charge in [0.05, 0.1) is 45.7 Å². The predicted octanol–water partition coefficient (Wildman–Crippen LogP) is -1.80. The van der Waals surface area contributed by atoms with Gasteiger partial charge in [-0.1, -0.05) is 13.8 Å². The molecule has 2 atom stereocenters. The topological polar surface area (TPSA) is 158 Å². The largest absolute Gasteiger partial charge is 0.394 e. The van der Waals surface area contributed by atoms with E-state index in [0.717, 1.165) is 0 Å². The zero-order valence-electron chi connectivity index (χ0n) is 16.1. The maximum Gasteiger partial charge on any atom is 0.215 e. The lowest BCUT2D eigenvalue weighted by molar-refractivity contribution is -0.282. The molecule has 0 rings (SSSR count). The van der Waals surface area contributed by atoms with Gasteiger partial charge in [-0.3, -0.25) is 0 Å². The van der Waals surface area contributed by atoms with E-state index in [1.165, 1.54) is 14.2 Å². The van der Waals surface area contributed by atoms with Gasteiger partial charge in [0.25, 0.3) is 0 Å². The molecule has 10 nitrogen and oxygen atoms in total. The van der Waals surface area contributed by atoms with E-state index in [9.17, 15) is 0 Å². The molecule has 0 aromatic rings. The van der Waals surface area contributed by atoms with Gasteiger partial charge in [-0.15, -0.1) is 0 Å². The summed E-state index contributed by atoms with van der Waals surface area (Å²) in [6.07, 6.45) is -0.121. The molecule has 0 aliphatic carbocycles. The summed E-state index contributed by atoms with van der Waals surface area (Å²) in [7, 11) is 2.74. The van der Waals surface area contributed by atoms with Gasteiger partial charge in [0.15, 0.2) is 5.79 Å². The predicted molar refractivity (Wildman–Crippen MR) is 92.3 cm³/mol. The Balaban J connectivity index is 0. The highest BCUT2D eigenvalue weighted by Gasteiger charge is 2.32. The molecule has 0 spiro atoms. The van der Waals surface area contributed by atoms with Gasteiger partial charge in [0.1, 0.15) is 6.10 Å². The highest BCUT2D eigenvalue weighted by molar-refractivity contribution is 4.70. The van der Waals surface area contributed by atoms with E-state index in [0.29, 0.717) is 12.8 Å². The van der Waals surface area contributed by atoms with E-state index in [-0.39, 0.29) is 26.4 Å². The van der Waals surface area contributed by atoms with E-state index >= 15 is 0 Å². The second-order valence-electron chi connectivity index (χ2n) is 5.49. The van der Waals surface area contributed by atoms with E-state index in [2.05, 4.69) is 0 Å². The van der Waals surface area contributed by atoms with Crippen molar-refractivity contribution in [1.82, 2.24) is 0 Å². The van der Waals surface area contributed by atoms with Gasteiger partial charge in [-0.05, 0) is 6.42 Å². The van der Waals surface area contributed by atoms with Crippen LogP contribution < -0.4 is 0 Å². The lowest BCUT2D eigenvalue weighted by Gasteiger charge is -2.32. The quantitative estimate of drug-likeness (QED) is 0.188. The second kappa shape index (κ2) is 15.6. The Hall–Kier alpha value is -0.400. The molecule has 0 amide bonds. The van der Waals surface area contributed by atoms with Crippen LogP contribution in [-0.4, -0.2) is 108 Å². The Morgan fingerprint density at radius 1 is 0.654 bits per heavy atom. The maximum atomic E-state index is 9.00. The monoisotopic (exact) mass is 388 g/mol. The zero-order valence-corrected chi connectivity index (χ0v) is 16.1. The Morgan fingerprint density at radius 3 is 1.27 bits per heavy atom. The van der Waals surface area contributed by atoms with Crippen molar-refractivity contribution >= 4 is 0 Å². The zero-order chi connectivity index (χ0) is 20.6. The number of hydrogen-bond donors (Lipinski definition) is 6. The number of rotatable bonds is 14. The molecule has 0 aliphatic rings.